The van der Waals surface area contributed by atoms with Crippen molar-refractivity contribution in [3.8, 4) is 0 Å². The van der Waals surface area contributed by atoms with E-state index in [1.165, 1.54) is 19.3 Å². The molecule has 7 nitrogen and oxygen atoms in total. The Balaban J connectivity index is 0. The summed E-state index contributed by atoms with van der Waals surface area (Å²) in [5.74, 6) is 0.0801. The van der Waals surface area contributed by atoms with Crippen LogP contribution < -0.4 is 11.1 Å². The zero-order chi connectivity index (χ0) is 12.3. The Bertz CT molecular complexity index is 198. The first-order chi connectivity index (χ1) is 6.77. The third-order valence-electron chi connectivity index (χ3n) is 1.35. The average Bonchev–Trinajstić information content (AvgIpc) is 2.00. The molecule has 0 amide bonds. The molecule has 0 aromatic rings. The van der Waals surface area contributed by atoms with Gasteiger partial charge >= 0.3 is 7.82 Å². The molecule has 0 unspecified atom stereocenters. The summed E-state index contributed by atoms with van der Waals surface area (Å²) in [5.41, 5.74) is 5.08. The van der Waals surface area contributed by atoms with E-state index in [0.29, 0.717) is 0 Å². The van der Waals surface area contributed by atoms with Crippen molar-refractivity contribution in [2.75, 3.05) is 6.54 Å². The van der Waals surface area contributed by atoms with Crippen molar-refractivity contribution in [1.29, 1.82) is 5.41 Å². The molecule has 0 saturated carbocycles. The van der Waals surface area contributed by atoms with Crippen molar-refractivity contribution in [2.24, 2.45) is 5.73 Å². The van der Waals surface area contributed by atoms with Crippen LogP contribution in [0, 0.1) is 5.41 Å². The Hall–Kier alpha value is -0.620. The van der Waals surface area contributed by atoms with Gasteiger partial charge in [-0.3, -0.25) is 5.41 Å². The number of nitrogens with one attached hydrogen (secondary N) is 2. The van der Waals surface area contributed by atoms with Crippen molar-refractivity contribution in [1.82, 2.24) is 5.32 Å². The smallest absolute Gasteiger partial charge is 0.370 e. The maximum atomic E-state index is 8.88. The predicted molar refractivity (Wildman–Crippen MR) is 58.3 cm³/mol. The fourth-order valence-corrected chi connectivity index (χ4v) is 0.775. The van der Waals surface area contributed by atoms with Gasteiger partial charge in [-0.1, -0.05) is 26.2 Å². The molecule has 7 N–H and O–H groups in total. The molecule has 0 bridgehead atoms. The molecule has 0 aromatic heterocycles. The summed E-state index contributed by atoms with van der Waals surface area (Å²) >= 11 is 0. The molecule has 0 aliphatic rings. The quantitative estimate of drug-likeness (QED) is 0.175. The predicted octanol–water partition coefficient (Wildman–Crippen LogP) is 0.121. The van der Waals surface area contributed by atoms with E-state index in [1.807, 2.05) is 0 Å². The van der Waals surface area contributed by atoms with Gasteiger partial charge in [-0.2, -0.15) is 0 Å². The molecule has 0 fully saturated rings. The highest BCUT2D eigenvalue weighted by atomic mass is 31.2. The van der Waals surface area contributed by atoms with Crippen LogP contribution in [0.1, 0.15) is 32.6 Å². The number of hydrogen-bond donors (Lipinski definition) is 6. The van der Waals surface area contributed by atoms with Crippen LogP contribution in [0.25, 0.3) is 0 Å². The van der Waals surface area contributed by atoms with Gasteiger partial charge in [0, 0.05) is 6.54 Å². The molecular formula is C7H20N3O4P. The van der Waals surface area contributed by atoms with Crippen LogP contribution in [-0.4, -0.2) is 27.2 Å². The largest absolute Gasteiger partial charge is 0.466 e. The topological polar surface area (TPSA) is 140 Å². The summed E-state index contributed by atoms with van der Waals surface area (Å²) in [6.07, 6.45) is 4.88. The van der Waals surface area contributed by atoms with E-state index < -0.39 is 7.82 Å². The zero-order valence-electron chi connectivity index (χ0n) is 8.81. The molecule has 0 saturated heterocycles. The summed E-state index contributed by atoms with van der Waals surface area (Å²) in [6, 6.07) is 0. The molecule has 0 atom stereocenters. The SMILES string of the molecule is CCCCCCNC(=N)N.O=P(O)(O)O. The van der Waals surface area contributed by atoms with Gasteiger partial charge in [-0.15, -0.1) is 0 Å². The second-order valence-electron chi connectivity index (χ2n) is 2.91. The van der Waals surface area contributed by atoms with Crippen LogP contribution in [0.15, 0.2) is 0 Å². The number of unbranched alkanes of at least 4 members (excludes halogenated alkanes) is 3. The van der Waals surface area contributed by atoms with Gasteiger partial charge in [0.2, 0.25) is 0 Å². The Morgan fingerprint density at radius 2 is 1.80 bits per heavy atom. The number of rotatable bonds is 5. The molecule has 0 aliphatic carbocycles. The third kappa shape index (κ3) is 42.6. The molecule has 0 aliphatic heterocycles. The van der Waals surface area contributed by atoms with E-state index in [1.54, 1.807) is 0 Å². The van der Waals surface area contributed by atoms with Crippen LogP contribution in [0.5, 0.6) is 0 Å². The molecule has 0 rings (SSSR count). The zero-order valence-corrected chi connectivity index (χ0v) is 9.70. The minimum atomic E-state index is -4.64. The van der Waals surface area contributed by atoms with Crippen LogP contribution >= 0.6 is 7.82 Å². The fourth-order valence-electron chi connectivity index (χ4n) is 0.775. The van der Waals surface area contributed by atoms with Crippen molar-refractivity contribution in [2.45, 2.75) is 32.6 Å². The standard InChI is InChI=1S/C7H17N3.H3O4P/c1-2-3-4-5-6-10-7(8)9;1-5(2,3)4/h2-6H2,1H3,(H4,8,9,10);(H3,1,2,3,4). The number of nitrogens with two attached hydrogens (primary N) is 1. The van der Waals surface area contributed by atoms with Crippen molar-refractivity contribution in [3.05, 3.63) is 0 Å². The van der Waals surface area contributed by atoms with Gasteiger partial charge in [-0.25, -0.2) is 4.57 Å². The van der Waals surface area contributed by atoms with E-state index in [0.717, 1.165) is 13.0 Å². The van der Waals surface area contributed by atoms with Crippen LogP contribution in [0.2, 0.25) is 0 Å². The lowest BCUT2D eigenvalue weighted by Gasteiger charge is -2.01. The lowest BCUT2D eigenvalue weighted by Crippen LogP contribution is -2.30. The van der Waals surface area contributed by atoms with E-state index in [-0.39, 0.29) is 5.96 Å². The van der Waals surface area contributed by atoms with Crippen molar-refractivity contribution >= 4 is 13.8 Å². The highest BCUT2D eigenvalue weighted by Gasteiger charge is 2.00. The van der Waals surface area contributed by atoms with E-state index in [4.69, 9.17) is 30.4 Å². The van der Waals surface area contributed by atoms with Gasteiger partial charge < -0.3 is 25.7 Å². The van der Waals surface area contributed by atoms with Crippen LogP contribution in [0.4, 0.5) is 0 Å². The lowest BCUT2D eigenvalue weighted by molar-refractivity contribution is 0.275. The highest BCUT2D eigenvalue weighted by Crippen LogP contribution is 2.25. The normalized spacial score (nSPS) is 10.1. The second-order valence-corrected chi connectivity index (χ2v) is 3.94. The number of guanidine groups is 1. The summed E-state index contributed by atoms with van der Waals surface area (Å²) in [6.45, 7) is 3.02. The van der Waals surface area contributed by atoms with E-state index >= 15 is 0 Å². The Morgan fingerprint density at radius 1 is 1.33 bits per heavy atom. The van der Waals surface area contributed by atoms with Gasteiger partial charge in [0.25, 0.3) is 0 Å². The van der Waals surface area contributed by atoms with Crippen LogP contribution in [0.3, 0.4) is 0 Å². The summed E-state index contributed by atoms with van der Waals surface area (Å²) < 4.78 is 8.88. The molecule has 15 heavy (non-hydrogen) atoms. The minimum absolute atomic E-state index is 0.0801. The average molecular weight is 241 g/mol. The summed E-state index contributed by atoms with van der Waals surface area (Å²) in [7, 11) is -4.64. The Labute approximate surface area is 89.4 Å². The number of phosphoric acid groups is 1. The fraction of sp³-hybridized carbons (Fsp3) is 0.857. The second kappa shape index (κ2) is 9.92. The van der Waals surface area contributed by atoms with Gasteiger partial charge in [0.15, 0.2) is 5.96 Å². The van der Waals surface area contributed by atoms with Gasteiger partial charge in [-0.05, 0) is 6.42 Å². The first kappa shape index (κ1) is 16.8. The molecule has 92 valence electrons. The first-order valence-electron chi connectivity index (χ1n) is 4.63. The maximum absolute atomic E-state index is 8.88. The first-order valence-corrected chi connectivity index (χ1v) is 6.20. The summed E-state index contributed by atoms with van der Waals surface area (Å²) in [5, 5.41) is 9.61. The van der Waals surface area contributed by atoms with Crippen molar-refractivity contribution in [3.63, 3.8) is 0 Å². The Kier molecular flexibility index (Phi) is 11.1. The van der Waals surface area contributed by atoms with Crippen molar-refractivity contribution < 1.29 is 19.2 Å². The third-order valence-corrected chi connectivity index (χ3v) is 1.35. The van der Waals surface area contributed by atoms with Gasteiger partial charge in [0.1, 0.15) is 0 Å². The van der Waals surface area contributed by atoms with Crippen LogP contribution in [-0.2, 0) is 4.57 Å². The molecule has 0 heterocycles. The molecular weight excluding hydrogens is 221 g/mol. The van der Waals surface area contributed by atoms with E-state index in [9.17, 15) is 0 Å². The number of hydrogen-bond acceptors (Lipinski definition) is 2. The highest BCUT2D eigenvalue weighted by molar-refractivity contribution is 7.45. The summed E-state index contributed by atoms with van der Waals surface area (Å²) in [4.78, 5) is 21.6. The molecule has 0 spiro atoms. The van der Waals surface area contributed by atoms with Gasteiger partial charge in [0.05, 0.1) is 0 Å². The molecule has 8 heteroatoms. The molecule has 0 aromatic carbocycles. The minimum Gasteiger partial charge on any atom is -0.370 e. The monoisotopic (exact) mass is 241 g/mol. The van der Waals surface area contributed by atoms with E-state index in [2.05, 4.69) is 12.2 Å². The maximum Gasteiger partial charge on any atom is 0.466 e. The molecule has 0 radical (unpaired) electrons. The Morgan fingerprint density at radius 3 is 2.13 bits per heavy atom. The lowest BCUT2D eigenvalue weighted by atomic mass is 10.2.